The third kappa shape index (κ3) is 3.64. The van der Waals surface area contributed by atoms with Crippen molar-refractivity contribution in [2.24, 2.45) is 0 Å². The molecule has 4 heteroatoms. The number of pyridine rings is 1. The number of hydrogen-bond donors (Lipinski definition) is 0. The smallest absolute Gasteiger partial charge is 0.410 e. The average Bonchev–Trinajstić information content (AvgIpc) is 2.61. The number of piperidine rings is 1. The van der Waals surface area contributed by atoms with Crippen molar-refractivity contribution in [1.82, 2.24) is 9.88 Å². The molecule has 1 aliphatic heterocycles. The SMILES string of the molecule is O=C(OCc1ccccc1)N1CCC(c2ccccn2)CC1. The molecule has 2 aromatic rings. The molecule has 1 aromatic heterocycles. The molecular weight excluding hydrogens is 276 g/mol. The summed E-state index contributed by atoms with van der Waals surface area (Å²) in [6.07, 6.45) is 3.49. The monoisotopic (exact) mass is 296 g/mol. The molecule has 114 valence electrons. The number of aromatic nitrogens is 1. The van der Waals surface area contributed by atoms with Crippen LogP contribution in [0, 0.1) is 0 Å². The molecule has 0 aliphatic carbocycles. The van der Waals surface area contributed by atoms with Gasteiger partial charge in [-0.25, -0.2) is 4.79 Å². The first kappa shape index (κ1) is 14.6. The van der Waals surface area contributed by atoms with Gasteiger partial charge in [0, 0.05) is 30.9 Å². The van der Waals surface area contributed by atoms with Crippen molar-refractivity contribution in [1.29, 1.82) is 0 Å². The standard InChI is InChI=1S/C18H20N2O2/c21-18(22-14-15-6-2-1-3-7-15)20-12-9-16(10-13-20)17-8-4-5-11-19-17/h1-8,11,16H,9-10,12-14H2. The first-order valence-corrected chi connectivity index (χ1v) is 7.69. The summed E-state index contributed by atoms with van der Waals surface area (Å²) in [6, 6.07) is 15.8. The van der Waals surface area contributed by atoms with Gasteiger partial charge < -0.3 is 9.64 Å². The van der Waals surface area contributed by atoms with Crippen LogP contribution in [0.1, 0.15) is 30.0 Å². The number of likely N-dealkylation sites (tertiary alicyclic amines) is 1. The van der Waals surface area contributed by atoms with Crippen LogP contribution in [0.25, 0.3) is 0 Å². The van der Waals surface area contributed by atoms with Crippen molar-refractivity contribution in [3.05, 3.63) is 66.0 Å². The summed E-state index contributed by atoms with van der Waals surface area (Å²) in [4.78, 5) is 18.3. The van der Waals surface area contributed by atoms with Crippen molar-refractivity contribution in [3.8, 4) is 0 Å². The molecule has 1 saturated heterocycles. The fourth-order valence-corrected chi connectivity index (χ4v) is 2.79. The number of ether oxygens (including phenoxy) is 1. The van der Waals surface area contributed by atoms with Crippen LogP contribution >= 0.6 is 0 Å². The number of hydrogen-bond acceptors (Lipinski definition) is 3. The van der Waals surface area contributed by atoms with Crippen molar-refractivity contribution >= 4 is 6.09 Å². The van der Waals surface area contributed by atoms with Crippen molar-refractivity contribution in [2.75, 3.05) is 13.1 Å². The Morgan fingerprint density at radius 3 is 2.50 bits per heavy atom. The Morgan fingerprint density at radius 2 is 1.82 bits per heavy atom. The molecule has 2 heterocycles. The number of rotatable bonds is 3. The lowest BCUT2D eigenvalue weighted by Gasteiger charge is -2.31. The van der Waals surface area contributed by atoms with Crippen LogP contribution in [0.15, 0.2) is 54.7 Å². The van der Waals surface area contributed by atoms with Gasteiger partial charge in [-0.2, -0.15) is 0 Å². The summed E-state index contributed by atoms with van der Waals surface area (Å²) in [5.74, 6) is 0.444. The largest absolute Gasteiger partial charge is 0.445 e. The zero-order valence-corrected chi connectivity index (χ0v) is 12.5. The Kier molecular flexibility index (Phi) is 4.68. The molecule has 0 N–H and O–H groups in total. The molecule has 3 rings (SSSR count). The topological polar surface area (TPSA) is 42.4 Å². The molecule has 0 unspecified atom stereocenters. The molecule has 22 heavy (non-hydrogen) atoms. The molecule has 1 amide bonds. The Morgan fingerprint density at radius 1 is 1.09 bits per heavy atom. The second-order valence-electron chi connectivity index (χ2n) is 5.56. The van der Waals surface area contributed by atoms with E-state index >= 15 is 0 Å². The van der Waals surface area contributed by atoms with Gasteiger partial charge in [-0.15, -0.1) is 0 Å². The minimum Gasteiger partial charge on any atom is -0.445 e. The Labute approximate surface area is 130 Å². The van der Waals surface area contributed by atoms with Crippen LogP contribution in [-0.2, 0) is 11.3 Å². The first-order chi connectivity index (χ1) is 10.8. The Bertz CT molecular complexity index is 593. The van der Waals surface area contributed by atoms with E-state index in [9.17, 15) is 4.79 Å². The molecule has 4 nitrogen and oxygen atoms in total. The highest BCUT2D eigenvalue weighted by atomic mass is 16.6. The summed E-state index contributed by atoms with van der Waals surface area (Å²) in [6.45, 7) is 1.80. The number of carbonyl (C=O) groups is 1. The summed E-state index contributed by atoms with van der Waals surface area (Å²) in [7, 11) is 0. The van der Waals surface area contributed by atoms with E-state index < -0.39 is 0 Å². The molecule has 0 atom stereocenters. The maximum Gasteiger partial charge on any atom is 0.410 e. The van der Waals surface area contributed by atoms with Crippen LogP contribution < -0.4 is 0 Å². The minimum atomic E-state index is -0.219. The van der Waals surface area contributed by atoms with Gasteiger partial charge in [0.05, 0.1) is 0 Å². The molecular formula is C18H20N2O2. The lowest BCUT2D eigenvalue weighted by atomic mass is 9.93. The van der Waals surface area contributed by atoms with Crippen molar-refractivity contribution < 1.29 is 9.53 Å². The van der Waals surface area contributed by atoms with Gasteiger partial charge in [0.2, 0.25) is 0 Å². The number of amides is 1. The third-order valence-corrected chi connectivity index (χ3v) is 4.06. The molecule has 0 saturated carbocycles. The van der Waals surface area contributed by atoms with E-state index in [1.807, 2.05) is 48.7 Å². The van der Waals surface area contributed by atoms with Gasteiger partial charge in [0.25, 0.3) is 0 Å². The summed E-state index contributed by atoms with van der Waals surface area (Å²) in [5, 5.41) is 0. The minimum absolute atomic E-state index is 0.219. The number of benzene rings is 1. The van der Waals surface area contributed by atoms with E-state index in [0.717, 1.165) is 37.2 Å². The fourth-order valence-electron chi connectivity index (χ4n) is 2.79. The summed E-state index contributed by atoms with van der Waals surface area (Å²) < 4.78 is 5.38. The molecule has 1 aliphatic rings. The molecule has 0 bridgehead atoms. The average molecular weight is 296 g/mol. The fraction of sp³-hybridized carbons (Fsp3) is 0.333. The van der Waals surface area contributed by atoms with Gasteiger partial charge in [0.15, 0.2) is 0 Å². The maximum atomic E-state index is 12.1. The highest BCUT2D eigenvalue weighted by Crippen LogP contribution is 2.26. The second kappa shape index (κ2) is 7.07. The molecule has 1 fully saturated rings. The van der Waals surface area contributed by atoms with E-state index in [4.69, 9.17) is 4.74 Å². The van der Waals surface area contributed by atoms with Crippen LogP contribution in [-0.4, -0.2) is 29.1 Å². The van der Waals surface area contributed by atoms with E-state index in [1.165, 1.54) is 0 Å². The van der Waals surface area contributed by atoms with E-state index in [0.29, 0.717) is 12.5 Å². The van der Waals surface area contributed by atoms with Gasteiger partial charge >= 0.3 is 6.09 Å². The highest BCUT2D eigenvalue weighted by molar-refractivity contribution is 5.67. The third-order valence-electron chi connectivity index (χ3n) is 4.06. The van der Waals surface area contributed by atoms with Gasteiger partial charge in [-0.05, 0) is 30.5 Å². The van der Waals surface area contributed by atoms with Crippen molar-refractivity contribution in [2.45, 2.75) is 25.4 Å². The quantitative estimate of drug-likeness (QED) is 0.869. The zero-order valence-electron chi connectivity index (χ0n) is 12.5. The van der Waals surface area contributed by atoms with Crippen LogP contribution in [0.4, 0.5) is 4.79 Å². The summed E-state index contributed by atoms with van der Waals surface area (Å²) >= 11 is 0. The first-order valence-electron chi connectivity index (χ1n) is 7.69. The van der Waals surface area contributed by atoms with Crippen molar-refractivity contribution in [3.63, 3.8) is 0 Å². The molecule has 1 aromatic carbocycles. The zero-order chi connectivity index (χ0) is 15.2. The van der Waals surface area contributed by atoms with Gasteiger partial charge in [0.1, 0.15) is 6.61 Å². The van der Waals surface area contributed by atoms with E-state index in [2.05, 4.69) is 11.1 Å². The lowest BCUT2D eigenvalue weighted by Crippen LogP contribution is -2.38. The summed E-state index contributed by atoms with van der Waals surface area (Å²) in [5.41, 5.74) is 2.14. The lowest BCUT2D eigenvalue weighted by molar-refractivity contribution is 0.0868. The predicted molar refractivity (Wildman–Crippen MR) is 84.4 cm³/mol. The van der Waals surface area contributed by atoms with Crippen LogP contribution in [0.3, 0.4) is 0 Å². The maximum absolute atomic E-state index is 12.1. The van der Waals surface area contributed by atoms with Gasteiger partial charge in [-0.1, -0.05) is 36.4 Å². The Balaban J connectivity index is 1.48. The molecule has 0 radical (unpaired) electrons. The second-order valence-corrected chi connectivity index (χ2v) is 5.56. The van der Waals surface area contributed by atoms with Crippen LogP contribution in [0.2, 0.25) is 0 Å². The van der Waals surface area contributed by atoms with E-state index in [-0.39, 0.29) is 6.09 Å². The highest BCUT2D eigenvalue weighted by Gasteiger charge is 2.25. The number of carbonyl (C=O) groups excluding carboxylic acids is 1. The predicted octanol–water partition coefficient (Wildman–Crippen LogP) is 3.60. The van der Waals surface area contributed by atoms with Gasteiger partial charge in [-0.3, -0.25) is 4.98 Å². The van der Waals surface area contributed by atoms with Crippen LogP contribution in [0.5, 0.6) is 0 Å². The molecule has 0 spiro atoms. The Hall–Kier alpha value is -2.36. The number of nitrogens with zero attached hydrogens (tertiary/aromatic N) is 2. The van der Waals surface area contributed by atoms with E-state index in [1.54, 1.807) is 4.90 Å². The normalized spacial score (nSPS) is 15.5.